The number of nitrogens with zero attached hydrogens (tertiary/aromatic N) is 2. The van der Waals surface area contributed by atoms with Crippen LogP contribution < -0.4 is 10.6 Å². The summed E-state index contributed by atoms with van der Waals surface area (Å²) < 4.78 is 0. The van der Waals surface area contributed by atoms with Gasteiger partial charge in [-0.05, 0) is 18.7 Å². The van der Waals surface area contributed by atoms with Gasteiger partial charge in [0.15, 0.2) is 0 Å². The summed E-state index contributed by atoms with van der Waals surface area (Å²) in [6.07, 6.45) is 0. The highest BCUT2D eigenvalue weighted by Crippen LogP contribution is 2.20. The fourth-order valence-electron chi connectivity index (χ4n) is 2.04. The highest BCUT2D eigenvalue weighted by Gasteiger charge is 2.15. The van der Waals surface area contributed by atoms with Crippen molar-refractivity contribution in [2.24, 2.45) is 5.73 Å². The molecule has 1 aromatic rings. The van der Waals surface area contributed by atoms with Crippen LogP contribution in [-0.4, -0.2) is 38.1 Å². The van der Waals surface area contributed by atoms with Crippen molar-refractivity contribution in [2.45, 2.75) is 20.4 Å². The largest absolute Gasteiger partial charge is 0.369 e. The van der Waals surface area contributed by atoms with Crippen molar-refractivity contribution >= 4 is 5.69 Å². The fraction of sp³-hybridized carbons (Fsp3) is 0.571. The average Bonchev–Trinajstić information content (AvgIpc) is 2.42. The van der Waals surface area contributed by atoms with Gasteiger partial charge >= 0.3 is 0 Å². The molecule has 0 radical (unpaired) electrons. The van der Waals surface area contributed by atoms with Crippen LogP contribution >= 0.6 is 0 Å². The summed E-state index contributed by atoms with van der Waals surface area (Å²) in [5, 5.41) is 0. The van der Waals surface area contributed by atoms with Gasteiger partial charge in [0.05, 0.1) is 0 Å². The van der Waals surface area contributed by atoms with E-state index in [4.69, 9.17) is 5.73 Å². The zero-order valence-electron chi connectivity index (χ0n) is 11.3. The van der Waals surface area contributed by atoms with E-state index in [0.717, 1.165) is 26.2 Å². The van der Waals surface area contributed by atoms with Gasteiger partial charge in [0, 0.05) is 38.4 Å². The second-order valence-corrected chi connectivity index (χ2v) is 4.12. The van der Waals surface area contributed by atoms with E-state index in [1.165, 1.54) is 11.3 Å². The number of hydrogen-bond donors (Lipinski definition) is 1. The molecule has 3 nitrogen and oxygen atoms in total. The van der Waals surface area contributed by atoms with Crippen molar-refractivity contribution in [1.29, 1.82) is 0 Å². The Hall–Kier alpha value is -1.06. The van der Waals surface area contributed by atoms with Crippen molar-refractivity contribution in [3.63, 3.8) is 0 Å². The van der Waals surface area contributed by atoms with Gasteiger partial charge in [-0.1, -0.05) is 32.0 Å². The van der Waals surface area contributed by atoms with E-state index < -0.39 is 0 Å². The summed E-state index contributed by atoms with van der Waals surface area (Å²) in [5.41, 5.74) is 8.31. The van der Waals surface area contributed by atoms with E-state index >= 15 is 0 Å². The first-order chi connectivity index (χ1) is 8.31. The molecule has 0 aromatic heterocycles. The molecule has 2 N–H and O–H groups in total. The molecule has 0 amide bonds. The Balaban J connectivity index is 0.000000686. The Kier molecular flexibility index (Phi) is 6.01. The van der Waals surface area contributed by atoms with Crippen LogP contribution in [0.3, 0.4) is 0 Å². The molecule has 1 fully saturated rings. The summed E-state index contributed by atoms with van der Waals surface area (Å²) in [6.45, 7) is 9.11. The standard InChI is InChI=1S/C12H19N3.C2H6/c1-14-6-8-15(9-7-14)12-5-3-2-4-11(12)10-13;1-2/h2-5H,6-10,13H2,1H3;1-2H3. The molecule has 0 atom stereocenters. The number of nitrogens with two attached hydrogens (primary N) is 1. The van der Waals surface area contributed by atoms with Crippen LogP contribution in [-0.2, 0) is 6.54 Å². The van der Waals surface area contributed by atoms with Gasteiger partial charge in [0.2, 0.25) is 0 Å². The lowest BCUT2D eigenvalue weighted by Crippen LogP contribution is -2.44. The van der Waals surface area contributed by atoms with E-state index in [1.54, 1.807) is 0 Å². The number of piperazine rings is 1. The molecule has 17 heavy (non-hydrogen) atoms. The SMILES string of the molecule is CC.CN1CCN(c2ccccc2CN)CC1. The summed E-state index contributed by atoms with van der Waals surface area (Å²) in [6, 6.07) is 8.44. The number of anilines is 1. The summed E-state index contributed by atoms with van der Waals surface area (Å²) in [7, 11) is 2.17. The van der Waals surface area contributed by atoms with Gasteiger partial charge in [-0.25, -0.2) is 0 Å². The molecule has 1 saturated heterocycles. The lowest BCUT2D eigenvalue weighted by atomic mass is 10.1. The van der Waals surface area contributed by atoms with Crippen LogP contribution in [0.4, 0.5) is 5.69 Å². The molecule has 0 unspecified atom stereocenters. The Bertz CT molecular complexity index is 317. The van der Waals surface area contributed by atoms with Crippen LogP contribution in [0.2, 0.25) is 0 Å². The lowest BCUT2D eigenvalue weighted by Gasteiger charge is -2.35. The highest BCUT2D eigenvalue weighted by molar-refractivity contribution is 5.53. The second kappa shape index (κ2) is 7.30. The van der Waals surface area contributed by atoms with Gasteiger partial charge in [-0.15, -0.1) is 0 Å². The third-order valence-electron chi connectivity index (χ3n) is 3.06. The van der Waals surface area contributed by atoms with Gasteiger partial charge in [-0.2, -0.15) is 0 Å². The number of hydrogen-bond acceptors (Lipinski definition) is 3. The number of para-hydroxylation sites is 1. The van der Waals surface area contributed by atoms with Gasteiger partial charge in [0.25, 0.3) is 0 Å². The Labute approximate surface area is 105 Å². The Morgan fingerprint density at radius 2 is 1.65 bits per heavy atom. The summed E-state index contributed by atoms with van der Waals surface area (Å²) in [5.74, 6) is 0. The van der Waals surface area contributed by atoms with Crippen molar-refractivity contribution in [2.75, 3.05) is 38.1 Å². The van der Waals surface area contributed by atoms with Gasteiger partial charge < -0.3 is 15.5 Å². The number of likely N-dealkylation sites (N-methyl/N-ethyl adjacent to an activating group) is 1. The smallest absolute Gasteiger partial charge is 0.0412 e. The average molecular weight is 235 g/mol. The molecule has 3 heteroatoms. The monoisotopic (exact) mass is 235 g/mol. The molecule has 2 rings (SSSR count). The molecular weight excluding hydrogens is 210 g/mol. The van der Waals surface area contributed by atoms with Crippen LogP contribution in [0, 0.1) is 0 Å². The maximum atomic E-state index is 5.75. The lowest BCUT2D eigenvalue weighted by molar-refractivity contribution is 0.312. The maximum Gasteiger partial charge on any atom is 0.0412 e. The minimum Gasteiger partial charge on any atom is -0.369 e. The summed E-state index contributed by atoms with van der Waals surface area (Å²) in [4.78, 5) is 4.80. The maximum absolute atomic E-state index is 5.75. The molecule has 1 aromatic carbocycles. The molecule has 0 spiro atoms. The van der Waals surface area contributed by atoms with E-state index in [-0.39, 0.29) is 0 Å². The number of rotatable bonds is 2. The first-order valence-corrected chi connectivity index (χ1v) is 6.52. The third kappa shape index (κ3) is 3.72. The fourth-order valence-corrected chi connectivity index (χ4v) is 2.04. The van der Waals surface area contributed by atoms with Gasteiger partial charge in [-0.3, -0.25) is 0 Å². The summed E-state index contributed by atoms with van der Waals surface area (Å²) >= 11 is 0. The van der Waals surface area contributed by atoms with Crippen molar-refractivity contribution in [1.82, 2.24) is 4.90 Å². The molecular formula is C14H25N3. The predicted octanol–water partition coefficient (Wildman–Crippen LogP) is 1.92. The first kappa shape index (κ1) is 14.0. The van der Waals surface area contributed by atoms with Crippen LogP contribution in [0.1, 0.15) is 19.4 Å². The molecule has 0 saturated carbocycles. The van der Waals surface area contributed by atoms with E-state index in [2.05, 4.69) is 41.1 Å². The van der Waals surface area contributed by atoms with Crippen LogP contribution in [0.15, 0.2) is 24.3 Å². The quantitative estimate of drug-likeness (QED) is 0.850. The topological polar surface area (TPSA) is 32.5 Å². The molecule has 96 valence electrons. The Morgan fingerprint density at radius 3 is 2.24 bits per heavy atom. The van der Waals surface area contributed by atoms with Crippen molar-refractivity contribution in [3.05, 3.63) is 29.8 Å². The zero-order chi connectivity index (χ0) is 12.7. The second-order valence-electron chi connectivity index (χ2n) is 4.12. The minimum atomic E-state index is 0.627. The van der Waals surface area contributed by atoms with Crippen LogP contribution in [0.25, 0.3) is 0 Å². The highest BCUT2D eigenvalue weighted by atomic mass is 15.2. The minimum absolute atomic E-state index is 0.627. The first-order valence-electron chi connectivity index (χ1n) is 6.52. The molecule has 0 aliphatic carbocycles. The Morgan fingerprint density at radius 1 is 1.06 bits per heavy atom. The zero-order valence-corrected chi connectivity index (χ0v) is 11.3. The van der Waals surface area contributed by atoms with E-state index in [9.17, 15) is 0 Å². The third-order valence-corrected chi connectivity index (χ3v) is 3.06. The number of benzene rings is 1. The normalized spacial score (nSPS) is 16.4. The molecule has 1 aliphatic rings. The van der Waals surface area contributed by atoms with Crippen LogP contribution in [0.5, 0.6) is 0 Å². The van der Waals surface area contributed by atoms with E-state index in [0.29, 0.717) is 6.54 Å². The van der Waals surface area contributed by atoms with Crippen molar-refractivity contribution in [3.8, 4) is 0 Å². The van der Waals surface area contributed by atoms with Crippen molar-refractivity contribution < 1.29 is 0 Å². The van der Waals surface area contributed by atoms with E-state index in [1.807, 2.05) is 13.8 Å². The van der Waals surface area contributed by atoms with Gasteiger partial charge in [0.1, 0.15) is 0 Å². The molecule has 1 aliphatic heterocycles. The predicted molar refractivity (Wildman–Crippen MR) is 75.4 cm³/mol. The molecule has 0 bridgehead atoms. The molecule has 1 heterocycles.